The summed E-state index contributed by atoms with van der Waals surface area (Å²) in [6, 6.07) is 0. The quantitative estimate of drug-likeness (QED) is 0.741. The molecule has 4 aliphatic rings. The average molecular weight is 234 g/mol. The van der Waals surface area contributed by atoms with Gasteiger partial charge in [-0.3, -0.25) is 0 Å². The summed E-state index contributed by atoms with van der Waals surface area (Å²) in [6.07, 6.45) is 9.34. The van der Waals surface area contributed by atoms with E-state index in [1.54, 1.807) is 0 Å². The molecule has 2 nitrogen and oxygen atoms in total. The van der Waals surface area contributed by atoms with Crippen molar-refractivity contribution >= 4 is 5.97 Å². The fourth-order valence-corrected chi connectivity index (χ4v) is 5.52. The van der Waals surface area contributed by atoms with E-state index in [1.165, 1.54) is 44.6 Å². The summed E-state index contributed by atoms with van der Waals surface area (Å²) in [4.78, 5) is 10.9. The summed E-state index contributed by atoms with van der Waals surface area (Å²) in [5, 5.41) is 8.97. The highest BCUT2D eigenvalue weighted by atomic mass is 16.4. The Kier molecular flexibility index (Phi) is 2.24. The SMILES string of the molecule is CC(=CC(=O)O)C12CC3CC(CC(C)(C3)C1)C2. The molecule has 4 bridgehead atoms. The van der Waals surface area contributed by atoms with E-state index in [0.717, 1.165) is 17.4 Å². The monoisotopic (exact) mass is 234 g/mol. The fraction of sp³-hybridized carbons (Fsp3) is 0.800. The third-order valence-electron chi connectivity index (χ3n) is 5.53. The molecule has 17 heavy (non-hydrogen) atoms. The normalized spacial score (nSPS) is 48.5. The summed E-state index contributed by atoms with van der Waals surface area (Å²) >= 11 is 0. The third kappa shape index (κ3) is 1.73. The molecule has 0 aromatic carbocycles. The summed E-state index contributed by atoms with van der Waals surface area (Å²) in [7, 11) is 0. The lowest BCUT2D eigenvalue weighted by atomic mass is 9.43. The number of aliphatic carboxylic acids is 1. The lowest BCUT2D eigenvalue weighted by Gasteiger charge is -2.62. The number of rotatable bonds is 2. The first-order valence-electron chi connectivity index (χ1n) is 6.83. The summed E-state index contributed by atoms with van der Waals surface area (Å²) in [5.41, 5.74) is 1.86. The van der Waals surface area contributed by atoms with Crippen LogP contribution in [0.15, 0.2) is 11.6 Å². The van der Waals surface area contributed by atoms with Gasteiger partial charge in [-0.05, 0) is 68.1 Å². The van der Waals surface area contributed by atoms with E-state index < -0.39 is 5.97 Å². The highest BCUT2D eigenvalue weighted by Gasteiger charge is 2.56. The van der Waals surface area contributed by atoms with Crippen LogP contribution in [0.25, 0.3) is 0 Å². The number of carboxylic acid groups (broad SMARTS) is 1. The van der Waals surface area contributed by atoms with Crippen LogP contribution in [0, 0.1) is 22.7 Å². The molecule has 4 aliphatic carbocycles. The topological polar surface area (TPSA) is 37.3 Å². The Hall–Kier alpha value is -0.790. The van der Waals surface area contributed by atoms with Crippen LogP contribution in [0.2, 0.25) is 0 Å². The second kappa shape index (κ2) is 3.37. The molecule has 2 unspecified atom stereocenters. The van der Waals surface area contributed by atoms with Gasteiger partial charge < -0.3 is 5.11 Å². The van der Waals surface area contributed by atoms with E-state index in [0.29, 0.717) is 5.41 Å². The molecule has 0 aromatic heterocycles. The Morgan fingerprint density at radius 2 is 1.82 bits per heavy atom. The molecule has 2 heteroatoms. The predicted molar refractivity (Wildman–Crippen MR) is 66.6 cm³/mol. The minimum atomic E-state index is -0.775. The van der Waals surface area contributed by atoms with Gasteiger partial charge in [0, 0.05) is 6.08 Å². The molecule has 0 spiro atoms. The van der Waals surface area contributed by atoms with Crippen LogP contribution in [-0.2, 0) is 4.79 Å². The van der Waals surface area contributed by atoms with Crippen LogP contribution < -0.4 is 0 Å². The van der Waals surface area contributed by atoms with Gasteiger partial charge in [0.25, 0.3) is 0 Å². The number of carbonyl (C=O) groups is 1. The van der Waals surface area contributed by atoms with Gasteiger partial charge in [-0.15, -0.1) is 0 Å². The molecular formula is C15H22O2. The Morgan fingerprint density at radius 1 is 1.24 bits per heavy atom. The Labute approximate surface area is 103 Å². The molecule has 4 rings (SSSR count). The molecule has 0 radical (unpaired) electrons. The summed E-state index contributed by atoms with van der Waals surface area (Å²) in [6.45, 7) is 4.47. The van der Waals surface area contributed by atoms with Crippen molar-refractivity contribution in [3.8, 4) is 0 Å². The largest absolute Gasteiger partial charge is 0.478 e. The lowest BCUT2D eigenvalue weighted by molar-refractivity contribution is -0.131. The molecule has 0 aliphatic heterocycles. The maximum Gasteiger partial charge on any atom is 0.328 e. The molecule has 0 heterocycles. The molecule has 2 atom stereocenters. The number of allylic oxidation sites excluding steroid dienone is 1. The number of hydrogen-bond donors (Lipinski definition) is 1. The summed E-state index contributed by atoms with van der Waals surface area (Å²) in [5.74, 6) is 0.945. The minimum Gasteiger partial charge on any atom is -0.478 e. The molecule has 1 N–H and O–H groups in total. The van der Waals surface area contributed by atoms with Crippen molar-refractivity contribution < 1.29 is 9.90 Å². The number of hydrogen-bond acceptors (Lipinski definition) is 1. The molecule has 0 saturated heterocycles. The van der Waals surface area contributed by atoms with E-state index in [1.807, 2.05) is 6.92 Å². The van der Waals surface area contributed by atoms with E-state index >= 15 is 0 Å². The van der Waals surface area contributed by atoms with E-state index in [9.17, 15) is 4.79 Å². The first kappa shape index (κ1) is 11.3. The van der Waals surface area contributed by atoms with Gasteiger partial charge >= 0.3 is 5.97 Å². The highest BCUT2D eigenvalue weighted by molar-refractivity contribution is 5.80. The molecule has 0 amide bonds. The third-order valence-corrected chi connectivity index (χ3v) is 5.53. The van der Waals surface area contributed by atoms with Crippen LogP contribution in [0.1, 0.15) is 52.4 Å². The maximum absolute atomic E-state index is 10.9. The van der Waals surface area contributed by atoms with Crippen molar-refractivity contribution in [2.24, 2.45) is 22.7 Å². The van der Waals surface area contributed by atoms with Crippen molar-refractivity contribution in [2.45, 2.75) is 52.4 Å². The first-order chi connectivity index (χ1) is 7.91. The fourth-order valence-electron chi connectivity index (χ4n) is 5.52. The van der Waals surface area contributed by atoms with Crippen LogP contribution in [0.3, 0.4) is 0 Å². The van der Waals surface area contributed by atoms with E-state index in [4.69, 9.17) is 5.11 Å². The van der Waals surface area contributed by atoms with Crippen molar-refractivity contribution in [1.29, 1.82) is 0 Å². The van der Waals surface area contributed by atoms with E-state index in [2.05, 4.69) is 6.92 Å². The second-order valence-corrected chi connectivity index (χ2v) is 7.22. The van der Waals surface area contributed by atoms with E-state index in [-0.39, 0.29) is 5.41 Å². The minimum absolute atomic E-state index is 0.233. The van der Waals surface area contributed by atoms with Gasteiger partial charge in [-0.2, -0.15) is 0 Å². The zero-order valence-electron chi connectivity index (χ0n) is 10.8. The van der Waals surface area contributed by atoms with Crippen LogP contribution in [0.5, 0.6) is 0 Å². The van der Waals surface area contributed by atoms with Crippen LogP contribution >= 0.6 is 0 Å². The predicted octanol–water partition coefficient (Wildman–Crippen LogP) is 3.62. The highest BCUT2D eigenvalue weighted by Crippen LogP contribution is 2.67. The standard InChI is InChI=1S/C15H22O2/c1-10(3-13(16)17)15-7-11-4-12(8-15)6-14(2,5-11)9-15/h3,11-12H,4-9H2,1-2H3,(H,16,17). The van der Waals surface area contributed by atoms with Gasteiger partial charge in [0.15, 0.2) is 0 Å². The van der Waals surface area contributed by atoms with Crippen LogP contribution in [-0.4, -0.2) is 11.1 Å². The Morgan fingerprint density at radius 3 is 2.29 bits per heavy atom. The van der Waals surface area contributed by atoms with Gasteiger partial charge in [0.2, 0.25) is 0 Å². The van der Waals surface area contributed by atoms with Crippen molar-refractivity contribution in [2.75, 3.05) is 0 Å². The zero-order chi connectivity index (χ0) is 12.3. The maximum atomic E-state index is 10.9. The van der Waals surface area contributed by atoms with Gasteiger partial charge in [0.1, 0.15) is 0 Å². The van der Waals surface area contributed by atoms with Crippen LogP contribution in [0.4, 0.5) is 0 Å². The second-order valence-electron chi connectivity index (χ2n) is 7.22. The Bertz CT molecular complexity index is 380. The smallest absolute Gasteiger partial charge is 0.328 e. The van der Waals surface area contributed by atoms with Gasteiger partial charge in [-0.1, -0.05) is 12.5 Å². The average Bonchev–Trinajstić information content (AvgIpc) is 2.11. The summed E-state index contributed by atoms with van der Waals surface area (Å²) < 4.78 is 0. The zero-order valence-corrected chi connectivity index (χ0v) is 10.8. The molecule has 4 fully saturated rings. The molecule has 4 saturated carbocycles. The molecular weight excluding hydrogens is 212 g/mol. The number of carboxylic acids is 1. The molecule has 0 aromatic rings. The van der Waals surface area contributed by atoms with Crippen molar-refractivity contribution in [3.05, 3.63) is 11.6 Å². The Balaban J connectivity index is 1.96. The van der Waals surface area contributed by atoms with Crippen molar-refractivity contribution in [1.82, 2.24) is 0 Å². The van der Waals surface area contributed by atoms with Gasteiger partial charge in [0.05, 0.1) is 0 Å². The first-order valence-corrected chi connectivity index (χ1v) is 6.83. The lowest BCUT2D eigenvalue weighted by Crippen LogP contribution is -2.51. The van der Waals surface area contributed by atoms with Crippen molar-refractivity contribution in [3.63, 3.8) is 0 Å². The van der Waals surface area contributed by atoms with Gasteiger partial charge in [-0.25, -0.2) is 4.79 Å². The molecule has 94 valence electrons.